The molecule has 0 atom stereocenters. The summed E-state index contributed by atoms with van der Waals surface area (Å²) >= 11 is 6.35. The van der Waals surface area contributed by atoms with Crippen LogP contribution in [0.25, 0.3) is 39.6 Å². The van der Waals surface area contributed by atoms with Crippen LogP contribution in [0.5, 0.6) is 0 Å². The molecule has 5 rings (SSSR count). The van der Waals surface area contributed by atoms with Gasteiger partial charge in [0.15, 0.2) is 0 Å². The number of hydrogen-bond acceptors (Lipinski definition) is 4. The smallest absolute Gasteiger partial charge is 0.263 e. The minimum absolute atomic E-state index is 0.135. The Kier molecular flexibility index (Phi) is 5.43. The van der Waals surface area contributed by atoms with Gasteiger partial charge in [0, 0.05) is 5.56 Å². The van der Waals surface area contributed by atoms with Crippen molar-refractivity contribution in [3.63, 3.8) is 0 Å². The Morgan fingerprint density at radius 2 is 1.70 bits per heavy atom. The summed E-state index contributed by atoms with van der Waals surface area (Å²) in [7, 11) is 0. The minimum atomic E-state index is -0.153. The van der Waals surface area contributed by atoms with Crippen molar-refractivity contribution >= 4 is 51.3 Å². The van der Waals surface area contributed by atoms with Crippen LogP contribution < -0.4 is 5.32 Å². The Bertz CT molecular complexity index is 1430. The molecule has 0 saturated carbocycles. The normalized spacial score (nSPS) is 15.4. The maximum Gasteiger partial charge on any atom is 0.263 e. The molecule has 164 valence electrons. The minimum Gasteiger partial charge on any atom is -0.338 e. The van der Waals surface area contributed by atoms with Crippen molar-refractivity contribution in [2.75, 3.05) is 0 Å². The molecule has 6 heteroatoms. The number of carbonyl (C=O) groups excluding carboxylic acids is 1. The molecule has 1 aromatic heterocycles. The van der Waals surface area contributed by atoms with E-state index in [4.69, 9.17) is 17.2 Å². The Balaban J connectivity index is 1.45. The Morgan fingerprint density at radius 1 is 0.939 bits per heavy atom. The van der Waals surface area contributed by atoms with Crippen LogP contribution in [-0.2, 0) is 10.2 Å². The standard InChI is InChI=1S/C27H23N3OS2/c1-27(2,3)20-10-8-17(9-11-20)18-5-4-6-19(15-18)24-28-21-12-7-16(13-22(21)29-24)14-23-25(31)30-26(32)33-23/h4-15H,1-3H3,(H,28,29)(H,30,31,32). The predicted octanol–water partition coefficient (Wildman–Crippen LogP) is 6.68. The molecular weight excluding hydrogens is 446 g/mol. The lowest BCUT2D eigenvalue weighted by Gasteiger charge is -2.19. The molecule has 4 nitrogen and oxygen atoms in total. The number of aromatic amines is 1. The quantitative estimate of drug-likeness (QED) is 0.259. The van der Waals surface area contributed by atoms with Crippen LogP contribution in [-0.4, -0.2) is 20.2 Å². The summed E-state index contributed by atoms with van der Waals surface area (Å²) in [5, 5.41) is 2.64. The molecule has 4 aromatic rings. The van der Waals surface area contributed by atoms with Gasteiger partial charge in [-0.1, -0.05) is 93.3 Å². The number of aromatic nitrogens is 2. The third-order valence-corrected chi connectivity index (χ3v) is 6.83. The van der Waals surface area contributed by atoms with Crippen molar-refractivity contribution in [3.8, 4) is 22.5 Å². The number of fused-ring (bicyclic) bond motifs is 1. The van der Waals surface area contributed by atoms with Crippen molar-refractivity contribution in [2.24, 2.45) is 0 Å². The van der Waals surface area contributed by atoms with E-state index in [1.807, 2.05) is 24.3 Å². The fraction of sp³-hybridized carbons (Fsp3) is 0.148. The second-order valence-electron chi connectivity index (χ2n) is 9.12. The fourth-order valence-corrected chi connectivity index (χ4v) is 4.87. The number of nitrogens with zero attached hydrogens (tertiary/aromatic N) is 1. The topological polar surface area (TPSA) is 57.8 Å². The zero-order valence-electron chi connectivity index (χ0n) is 18.6. The second-order valence-corrected chi connectivity index (χ2v) is 10.8. The van der Waals surface area contributed by atoms with Crippen molar-refractivity contribution in [1.29, 1.82) is 0 Å². The average Bonchev–Trinajstić information content (AvgIpc) is 3.35. The Morgan fingerprint density at radius 3 is 2.39 bits per heavy atom. The van der Waals surface area contributed by atoms with Crippen LogP contribution in [0.3, 0.4) is 0 Å². The summed E-state index contributed by atoms with van der Waals surface area (Å²) in [6.07, 6.45) is 1.84. The van der Waals surface area contributed by atoms with Crippen LogP contribution in [0.1, 0.15) is 31.9 Å². The number of hydrogen-bond donors (Lipinski definition) is 2. The van der Waals surface area contributed by atoms with E-state index in [9.17, 15) is 4.79 Å². The highest BCUT2D eigenvalue weighted by Crippen LogP contribution is 2.30. The first kappa shape index (κ1) is 21.6. The molecule has 1 aliphatic heterocycles. The summed E-state index contributed by atoms with van der Waals surface area (Å²) in [5.41, 5.74) is 7.53. The number of carbonyl (C=O) groups is 1. The van der Waals surface area contributed by atoms with E-state index in [0.717, 1.165) is 33.5 Å². The number of imidazole rings is 1. The maximum atomic E-state index is 11.9. The molecule has 0 aliphatic carbocycles. The molecule has 1 aliphatic rings. The molecule has 0 unspecified atom stereocenters. The van der Waals surface area contributed by atoms with Gasteiger partial charge in [0.1, 0.15) is 10.1 Å². The van der Waals surface area contributed by atoms with Gasteiger partial charge in [-0.05, 0) is 51.9 Å². The third-order valence-electron chi connectivity index (χ3n) is 5.67. The number of benzene rings is 3. The molecule has 33 heavy (non-hydrogen) atoms. The lowest BCUT2D eigenvalue weighted by atomic mass is 9.86. The second kappa shape index (κ2) is 8.28. The van der Waals surface area contributed by atoms with Crippen LogP contribution in [0.4, 0.5) is 0 Å². The number of nitrogens with one attached hydrogen (secondary N) is 2. The predicted molar refractivity (Wildman–Crippen MR) is 142 cm³/mol. The van der Waals surface area contributed by atoms with Gasteiger partial charge in [0.05, 0.1) is 15.9 Å². The van der Waals surface area contributed by atoms with Crippen LogP contribution in [0, 0.1) is 0 Å². The van der Waals surface area contributed by atoms with E-state index >= 15 is 0 Å². The Labute approximate surface area is 202 Å². The summed E-state index contributed by atoms with van der Waals surface area (Å²) in [5.74, 6) is 0.664. The van der Waals surface area contributed by atoms with E-state index in [2.05, 4.69) is 79.6 Å². The summed E-state index contributed by atoms with van der Waals surface area (Å²) in [6.45, 7) is 6.67. The number of H-pyrrole nitrogens is 1. The van der Waals surface area contributed by atoms with Gasteiger partial charge in [-0.15, -0.1) is 0 Å². The number of thiocarbonyl (C=S) groups is 1. The highest BCUT2D eigenvalue weighted by atomic mass is 32.2. The molecular formula is C27H23N3OS2. The lowest BCUT2D eigenvalue weighted by molar-refractivity contribution is -0.115. The number of amides is 1. The number of thioether (sulfide) groups is 1. The first-order chi connectivity index (χ1) is 15.8. The van der Waals surface area contributed by atoms with Crippen molar-refractivity contribution in [2.45, 2.75) is 26.2 Å². The third kappa shape index (κ3) is 4.49. The van der Waals surface area contributed by atoms with E-state index in [1.165, 1.54) is 22.9 Å². The highest BCUT2D eigenvalue weighted by molar-refractivity contribution is 8.26. The molecule has 2 heterocycles. The summed E-state index contributed by atoms with van der Waals surface area (Å²) in [6, 6.07) is 23.1. The van der Waals surface area contributed by atoms with E-state index in [0.29, 0.717) is 9.23 Å². The van der Waals surface area contributed by atoms with Crippen molar-refractivity contribution in [1.82, 2.24) is 15.3 Å². The van der Waals surface area contributed by atoms with Crippen LogP contribution in [0.15, 0.2) is 71.6 Å². The molecule has 2 N–H and O–H groups in total. The van der Waals surface area contributed by atoms with E-state index < -0.39 is 0 Å². The fourth-order valence-electron chi connectivity index (χ4n) is 3.83. The van der Waals surface area contributed by atoms with Gasteiger partial charge in [-0.2, -0.15) is 0 Å². The highest BCUT2D eigenvalue weighted by Gasteiger charge is 2.22. The Hall–Kier alpha value is -3.22. The van der Waals surface area contributed by atoms with E-state index in [1.54, 1.807) is 0 Å². The first-order valence-corrected chi connectivity index (χ1v) is 11.9. The van der Waals surface area contributed by atoms with Crippen molar-refractivity contribution in [3.05, 3.63) is 82.8 Å². The first-order valence-electron chi connectivity index (χ1n) is 10.7. The van der Waals surface area contributed by atoms with Gasteiger partial charge in [-0.3, -0.25) is 4.79 Å². The summed E-state index contributed by atoms with van der Waals surface area (Å²) < 4.78 is 0.488. The number of rotatable bonds is 3. The molecule has 3 aromatic carbocycles. The molecule has 0 spiro atoms. The van der Waals surface area contributed by atoms with Gasteiger partial charge in [0.25, 0.3) is 5.91 Å². The van der Waals surface area contributed by atoms with Gasteiger partial charge in [0.2, 0.25) is 0 Å². The molecule has 1 fully saturated rings. The monoisotopic (exact) mass is 469 g/mol. The maximum absolute atomic E-state index is 11.9. The van der Waals surface area contributed by atoms with Gasteiger partial charge in [-0.25, -0.2) is 4.98 Å². The van der Waals surface area contributed by atoms with Gasteiger partial charge >= 0.3 is 0 Å². The molecule has 1 saturated heterocycles. The molecule has 0 radical (unpaired) electrons. The molecule has 0 bridgehead atoms. The largest absolute Gasteiger partial charge is 0.338 e. The lowest BCUT2D eigenvalue weighted by Crippen LogP contribution is -2.17. The zero-order valence-corrected chi connectivity index (χ0v) is 20.2. The zero-order chi connectivity index (χ0) is 23.2. The van der Waals surface area contributed by atoms with Crippen LogP contribution in [0.2, 0.25) is 0 Å². The molecule has 1 amide bonds. The summed E-state index contributed by atoms with van der Waals surface area (Å²) in [4.78, 5) is 20.8. The van der Waals surface area contributed by atoms with Gasteiger partial charge < -0.3 is 10.3 Å². The average molecular weight is 470 g/mol. The van der Waals surface area contributed by atoms with E-state index in [-0.39, 0.29) is 11.3 Å². The SMILES string of the molecule is CC(C)(C)c1ccc(-c2cccc(-c3nc4cc(C=C5SC(=S)NC5=O)ccc4[nH]3)c2)cc1. The van der Waals surface area contributed by atoms with Crippen molar-refractivity contribution < 1.29 is 4.79 Å². The van der Waals surface area contributed by atoms with Crippen LogP contribution >= 0.6 is 24.0 Å².